The Hall–Kier alpha value is -2.56. The molecule has 0 radical (unpaired) electrons. The number of methoxy groups -OCH3 is 1. The van der Waals surface area contributed by atoms with Gasteiger partial charge in [0, 0.05) is 17.3 Å². The van der Waals surface area contributed by atoms with E-state index in [4.69, 9.17) is 10.5 Å². The first kappa shape index (κ1) is 12.9. The molecule has 1 amide bonds. The molecule has 2 rings (SSSR count). The summed E-state index contributed by atoms with van der Waals surface area (Å²) < 4.78 is 18.5. The van der Waals surface area contributed by atoms with Crippen molar-refractivity contribution in [3.63, 3.8) is 0 Å². The topological polar surface area (TPSA) is 64.3 Å². The molecule has 0 aliphatic rings. The van der Waals surface area contributed by atoms with Crippen molar-refractivity contribution in [3.05, 3.63) is 53.8 Å². The van der Waals surface area contributed by atoms with E-state index in [0.29, 0.717) is 17.0 Å². The standard InChI is InChI=1S/C14H13FN2O2/c1-19-11-6-7-12(15)13(8-11)17-14(18)9-2-4-10(16)5-3-9/h2-8H,16H2,1H3,(H,17,18). The summed E-state index contributed by atoms with van der Waals surface area (Å²) in [7, 11) is 1.47. The van der Waals surface area contributed by atoms with E-state index >= 15 is 0 Å². The molecule has 4 nitrogen and oxygen atoms in total. The number of nitrogens with one attached hydrogen (secondary N) is 1. The van der Waals surface area contributed by atoms with Crippen LogP contribution in [-0.4, -0.2) is 13.0 Å². The zero-order chi connectivity index (χ0) is 13.8. The molecule has 0 unspecified atom stereocenters. The Morgan fingerprint density at radius 1 is 1.21 bits per heavy atom. The van der Waals surface area contributed by atoms with Gasteiger partial charge in [-0.25, -0.2) is 4.39 Å². The normalized spacial score (nSPS) is 10.0. The minimum absolute atomic E-state index is 0.0705. The first-order valence-electron chi connectivity index (χ1n) is 5.60. The molecule has 2 aromatic rings. The molecule has 2 aromatic carbocycles. The van der Waals surface area contributed by atoms with Crippen LogP contribution in [0, 0.1) is 5.82 Å². The monoisotopic (exact) mass is 260 g/mol. The van der Waals surface area contributed by atoms with E-state index in [-0.39, 0.29) is 5.69 Å². The van der Waals surface area contributed by atoms with E-state index in [1.807, 2.05) is 0 Å². The van der Waals surface area contributed by atoms with Crippen LogP contribution < -0.4 is 15.8 Å². The third-order valence-corrected chi connectivity index (χ3v) is 2.59. The summed E-state index contributed by atoms with van der Waals surface area (Å²) in [6, 6.07) is 10.5. The average molecular weight is 260 g/mol. The van der Waals surface area contributed by atoms with Crippen LogP contribution >= 0.6 is 0 Å². The molecule has 0 fully saturated rings. The van der Waals surface area contributed by atoms with Gasteiger partial charge in [0.2, 0.25) is 0 Å². The van der Waals surface area contributed by atoms with Crippen molar-refractivity contribution in [1.82, 2.24) is 0 Å². The Kier molecular flexibility index (Phi) is 3.66. The number of hydrogen-bond donors (Lipinski definition) is 2. The SMILES string of the molecule is COc1ccc(F)c(NC(=O)c2ccc(N)cc2)c1. The van der Waals surface area contributed by atoms with Crippen LogP contribution in [0.1, 0.15) is 10.4 Å². The highest BCUT2D eigenvalue weighted by molar-refractivity contribution is 6.04. The van der Waals surface area contributed by atoms with Gasteiger partial charge in [0.15, 0.2) is 0 Å². The van der Waals surface area contributed by atoms with Crippen LogP contribution in [0.25, 0.3) is 0 Å². The van der Waals surface area contributed by atoms with Gasteiger partial charge >= 0.3 is 0 Å². The van der Waals surface area contributed by atoms with Gasteiger partial charge in [-0.3, -0.25) is 4.79 Å². The summed E-state index contributed by atoms with van der Waals surface area (Å²) in [5.41, 5.74) is 6.56. The highest BCUT2D eigenvalue weighted by Crippen LogP contribution is 2.21. The van der Waals surface area contributed by atoms with E-state index in [1.54, 1.807) is 24.3 Å². The fraction of sp³-hybridized carbons (Fsp3) is 0.0714. The number of halogens is 1. The molecule has 0 bridgehead atoms. The predicted octanol–water partition coefficient (Wildman–Crippen LogP) is 2.67. The molecule has 98 valence electrons. The van der Waals surface area contributed by atoms with Crippen molar-refractivity contribution in [3.8, 4) is 5.75 Å². The number of carbonyl (C=O) groups is 1. The van der Waals surface area contributed by atoms with Gasteiger partial charge in [-0.15, -0.1) is 0 Å². The molecular weight excluding hydrogens is 247 g/mol. The Labute approximate surface area is 110 Å². The van der Waals surface area contributed by atoms with Gasteiger partial charge in [-0.2, -0.15) is 0 Å². The lowest BCUT2D eigenvalue weighted by Gasteiger charge is -2.08. The van der Waals surface area contributed by atoms with E-state index in [9.17, 15) is 9.18 Å². The summed E-state index contributed by atoms with van der Waals surface area (Å²) in [6.07, 6.45) is 0. The van der Waals surface area contributed by atoms with Crippen LogP contribution in [0.5, 0.6) is 5.75 Å². The maximum Gasteiger partial charge on any atom is 0.255 e. The summed E-state index contributed by atoms with van der Waals surface area (Å²) in [5, 5.41) is 2.49. The summed E-state index contributed by atoms with van der Waals surface area (Å²) in [6.45, 7) is 0. The highest BCUT2D eigenvalue weighted by Gasteiger charge is 2.10. The van der Waals surface area contributed by atoms with Crippen LogP contribution in [0.2, 0.25) is 0 Å². The third kappa shape index (κ3) is 3.01. The lowest BCUT2D eigenvalue weighted by Crippen LogP contribution is -2.13. The van der Waals surface area contributed by atoms with Gasteiger partial charge in [-0.1, -0.05) is 0 Å². The second-order valence-corrected chi connectivity index (χ2v) is 3.92. The highest BCUT2D eigenvalue weighted by atomic mass is 19.1. The Balaban J connectivity index is 2.21. The molecule has 0 saturated carbocycles. The van der Waals surface area contributed by atoms with Crippen molar-refractivity contribution in [2.45, 2.75) is 0 Å². The number of amides is 1. The van der Waals surface area contributed by atoms with Gasteiger partial charge < -0.3 is 15.8 Å². The van der Waals surface area contributed by atoms with Gasteiger partial charge in [0.05, 0.1) is 12.8 Å². The molecule has 3 N–H and O–H groups in total. The summed E-state index contributed by atoms with van der Waals surface area (Å²) >= 11 is 0. The third-order valence-electron chi connectivity index (χ3n) is 2.59. The van der Waals surface area contributed by atoms with Crippen LogP contribution in [0.4, 0.5) is 15.8 Å². The lowest BCUT2D eigenvalue weighted by atomic mass is 10.2. The molecule has 0 saturated heterocycles. The average Bonchev–Trinajstić information content (AvgIpc) is 2.42. The molecule has 19 heavy (non-hydrogen) atoms. The number of hydrogen-bond acceptors (Lipinski definition) is 3. The number of anilines is 2. The Morgan fingerprint density at radius 2 is 1.89 bits per heavy atom. The van der Waals surface area contributed by atoms with E-state index in [1.165, 1.54) is 25.3 Å². The first-order chi connectivity index (χ1) is 9.10. The maximum atomic E-state index is 13.6. The number of nitrogen functional groups attached to an aromatic ring is 1. The summed E-state index contributed by atoms with van der Waals surface area (Å²) in [5.74, 6) is -0.467. The van der Waals surface area contributed by atoms with Crippen molar-refractivity contribution >= 4 is 17.3 Å². The second kappa shape index (κ2) is 5.39. The number of rotatable bonds is 3. The van der Waals surface area contributed by atoms with E-state index < -0.39 is 11.7 Å². The molecule has 0 aliphatic carbocycles. The smallest absolute Gasteiger partial charge is 0.255 e. The van der Waals surface area contributed by atoms with Crippen molar-refractivity contribution in [1.29, 1.82) is 0 Å². The van der Waals surface area contributed by atoms with Gasteiger partial charge in [0.25, 0.3) is 5.91 Å². The Morgan fingerprint density at radius 3 is 2.53 bits per heavy atom. The van der Waals surface area contributed by atoms with Crippen molar-refractivity contribution < 1.29 is 13.9 Å². The molecule has 0 aromatic heterocycles. The molecule has 5 heteroatoms. The minimum atomic E-state index is -0.524. The summed E-state index contributed by atoms with van der Waals surface area (Å²) in [4.78, 5) is 11.9. The quantitative estimate of drug-likeness (QED) is 0.834. The fourth-order valence-corrected chi connectivity index (χ4v) is 1.56. The molecule has 0 heterocycles. The number of carbonyl (C=O) groups excluding carboxylic acids is 1. The molecule has 0 aliphatic heterocycles. The predicted molar refractivity (Wildman–Crippen MR) is 71.8 cm³/mol. The van der Waals surface area contributed by atoms with Crippen molar-refractivity contribution in [2.24, 2.45) is 0 Å². The van der Waals surface area contributed by atoms with Gasteiger partial charge in [-0.05, 0) is 36.4 Å². The maximum absolute atomic E-state index is 13.6. The second-order valence-electron chi connectivity index (χ2n) is 3.92. The van der Waals surface area contributed by atoms with Crippen molar-refractivity contribution in [2.75, 3.05) is 18.2 Å². The largest absolute Gasteiger partial charge is 0.497 e. The number of benzene rings is 2. The van der Waals surface area contributed by atoms with E-state index in [2.05, 4.69) is 5.32 Å². The molecule has 0 spiro atoms. The molecular formula is C14H13FN2O2. The van der Waals surface area contributed by atoms with Crippen LogP contribution in [-0.2, 0) is 0 Å². The Bertz CT molecular complexity index is 597. The van der Waals surface area contributed by atoms with Gasteiger partial charge in [0.1, 0.15) is 11.6 Å². The minimum Gasteiger partial charge on any atom is -0.497 e. The number of nitrogens with two attached hydrogens (primary N) is 1. The van der Waals surface area contributed by atoms with Crippen LogP contribution in [0.3, 0.4) is 0 Å². The lowest BCUT2D eigenvalue weighted by molar-refractivity contribution is 0.102. The van der Waals surface area contributed by atoms with Crippen LogP contribution in [0.15, 0.2) is 42.5 Å². The van der Waals surface area contributed by atoms with E-state index in [0.717, 1.165) is 0 Å². The first-order valence-corrected chi connectivity index (χ1v) is 5.60. The number of ether oxygens (including phenoxy) is 1. The fourth-order valence-electron chi connectivity index (χ4n) is 1.56. The molecule has 0 atom stereocenters. The zero-order valence-corrected chi connectivity index (χ0v) is 10.3. The zero-order valence-electron chi connectivity index (χ0n) is 10.3.